The van der Waals surface area contributed by atoms with Gasteiger partial charge < -0.3 is 23.8 Å². The SMILES string of the molecule is COc1cccc(-n2cc(-c3ccccn3)c3c(N4CCN(C(=O)OC(C)(C)C)CC4C)ncnc32)c1. The molecule has 3 aromatic heterocycles. The van der Waals surface area contributed by atoms with Crippen LogP contribution < -0.4 is 9.64 Å². The topological polar surface area (TPSA) is 85.6 Å². The highest BCUT2D eigenvalue weighted by Gasteiger charge is 2.32. The maximum Gasteiger partial charge on any atom is 0.410 e. The third-order valence-electron chi connectivity index (χ3n) is 6.39. The lowest BCUT2D eigenvalue weighted by Crippen LogP contribution is -2.54. The summed E-state index contributed by atoms with van der Waals surface area (Å²) in [6.45, 7) is 9.45. The van der Waals surface area contributed by atoms with Crippen molar-refractivity contribution in [2.24, 2.45) is 0 Å². The van der Waals surface area contributed by atoms with Crippen molar-refractivity contribution in [2.75, 3.05) is 31.6 Å². The van der Waals surface area contributed by atoms with Gasteiger partial charge in [-0.1, -0.05) is 12.1 Å². The number of benzene rings is 1. The van der Waals surface area contributed by atoms with Gasteiger partial charge in [0, 0.05) is 49.7 Å². The van der Waals surface area contributed by atoms with Crippen molar-refractivity contribution in [2.45, 2.75) is 39.3 Å². The molecular weight excluding hydrogens is 468 g/mol. The number of piperazine rings is 1. The number of aromatic nitrogens is 4. The van der Waals surface area contributed by atoms with Crippen LogP contribution in [0.1, 0.15) is 27.7 Å². The van der Waals surface area contributed by atoms with Crippen LogP contribution in [0.15, 0.2) is 61.2 Å². The molecule has 1 aliphatic heterocycles. The van der Waals surface area contributed by atoms with Crippen LogP contribution in [-0.2, 0) is 4.74 Å². The van der Waals surface area contributed by atoms with Crippen molar-refractivity contribution >= 4 is 22.9 Å². The average molecular weight is 501 g/mol. The van der Waals surface area contributed by atoms with Gasteiger partial charge in [0.05, 0.1) is 23.9 Å². The van der Waals surface area contributed by atoms with Crippen LogP contribution in [-0.4, -0.2) is 68.9 Å². The van der Waals surface area contributed by atoms with Gasteiger partial charge in [0.1, 0.15) is 23.5 Å². The normalized spacial score (nSPS) is 16.2. The van der Waals surface area contributed by atoms with E-state index in [1.165, 1.54) is 0 Å². The number of nitrogens with zero attached hydrogens (tertiary/aromatic N) is 6. The molecule has 9 nitrogen and oxygen atoms in total. The lowest BCUT2D eigenvalue weighted by molar-refractivity contribution is 0.0218. The van der Waals surface area contributed by atoms with Crippen molar-refractivity contribution < 1.29 is 14.3 Å². The predicted molar refractivity (Wildman–Crippen MR) is 143 cm³/mol. The molecule has 1 aromatic carbocycles. The molecule has 0 radical (unpaired) electrons. The van der Waals surface area contributed by atoms with E-state index in [0.29, 0.717) is 19.6 Å². The molecule has 1 aliphatic rings. The lowest BCUT2D eigenvalue weighted by atomic mass is 10.1. The van der Waals surface area contributed by atoms with Gasteiger partial charge in [-0.15, -0.1) is 0 Å². The second-order valence-electron chi connectivity index (χ2n) is 10.2. The molecule has 1 fully saturated rings. The van der Waals surface area contributed by atoms with Gasteiger partial charge in [0.15, 0.2) is 5.65 Å². The molecule has 0 aliphatic carbocycles. The van der Waals surface area contributed by atoms with Crippen LogP contribution in [0.5, 0.6) is 5.75 Å². The molecule has 0 spiro atoms. The lowest BCUT2D eigenvalue weighted by Gasteiger charge is -2.41. The summed E-state index contributed by atoms with van der Waals surface area (Å²) in [6, 6.07) is 13.8. The Morgan fingerprint density at radius 1 is 1.05 bits per heavy atom. The summed E-state index contributed by atoms with van der Waals surface area (Å²) in [5.74, 6) is 1.59. The minimum Gasteiger partial charge on any atom is -0.497 e. The zero-order chi connectivity index (χ0) is 26.2. The Morgan fingerprint density at radius 3 is 2.59 bits per heavy atom. The van der Waals surface area contributed by atoms with Gasteiger partial charge in [0.2, 0.25) is 0 Å². The molecule has 5 rings (SSSR count). The van der Waals surface area contributed by atoms with Crippen LogP contribution in [0.25, 0.3) is 28.0 Å². The largest absolute Gasteiger partial charge is 0.497 e. The third-order valence-corrected chi connectivity index (χ3v) is 6.39. The van der Waals surface area contributed by atoms with Crippen LogP contribution >= 0.6 is 0 Å². The number of amides is 1. The van der Waals surface area contributed by atoms with E-state index in [2.05, 4.69) is 27.6 Å². The zero-order valence-corrected chi connectivity index (χ0v) is 21.9. The quantitative estimate of drug-likeness (QED) is 0.392. The Hall–Kier alpha value is -4.14. The molecule has 9 heteroatoms. The van der Waals surface area contributed by atoms with Crippen LogP contribution in [0, 0.1) is 0 Å². The Balaban J connectivity index is 1.58. The van der Waals surface area contributed by atoms with Crippen molar-refractivity contribution in [3.05, 3.63) is 61.2 Å². The molecule has 192 valence electrons. The Kier molecular flexibility index (Phi) is 6.45. The highest BCUT2D eigenvalue weighted by molar-refractivity contribution is 6.01. The Labute approximate surface area is 216 Å². The average Bonchev–Trinajstić information content (AvgIpc) is 3.28. The highest BCUT2D eigenvalue weighted by atomic mass is 16.6. The summed E-state index contributed by atoms with van der Waals surface area (Å²) in [7, 11) is 1.66. The number of hydrogen-bond acceptors (Lipinski definition) is 7. The van der Waals surface area contributed by atoms with E-state index >= 15 is 0 Å². The number of anilines is 1. The van der Waals surface area contributed by atoms with Gasteiger partial charge >= 0.3 is 6.09 Å². The van der Waals surface area contributed by atoms with Gasteiger partial charge in [-0.2, -0.15) is 0 Å². The van der Waals surface area contributed by atoms with Crippen LogP contribution in [0.2, 0.25) is 0 Å². The van der Waals surface area contributed by atoms with E-state index in [1.807, 2.05) is 63.2 Å². The fourth-order valence-electron chi connectivity index (χ4n) is 4.70. The smallest absolute Gasteiger partial charge is 0.410 e. The summed E-state index contributed by atoms with van der Waals surface area (Å²) >= 11 is 0. The molecule has 0 saturated carbocycles. The molecule has 4 heterocycles. The highest BCUT2D eigenvalue weighted by Crippen LogP contribution is 2.37. The first-order valence-electron chi connectivity index (χ1n) is 12.4. The Morgan fingerprint density at radius 2 is 1.89 bits per heavy atom. The zero-order valence-electron chi connectivity index (χ0n) is 21.9. The first-order chi connectivity index (χ1) is 17.7. The van der Waals surface area contributed by atoms with E-state index in [9.17, 15) is 4.79 Å². The molecular formula is C28H32N6O3. The fraction of sp³-hybridized carbons (Fsp3) is 0.357. The van der Waals surface area contributed by atoms with Gasteiger partial charge in [-0.3, -0.25) is 4.98 Å². The molecule has 37 heavy (non-hydrogen) atoms. The minimum absolute atomic E-state index is 0.0242. The summed E-state index contributed by atoms with van der Waals surface area (Å²) in [4.78, 5) is 30.8. The van der Waals surface area contributed by atoms with Crippen LogP contribution in [0.4, 0.5) is 10.6 Å². The predicted octanol–water partition coefficient (Wildman–Crippen LogP) is 4.94. The van der Waals surface area contributed by atoms with Crippen LogP contribution in [0.3, 0.4) is 0 Å². The number of ether oxygens (including phenoxy) is 2. The number of pyridine rings is 1. The molecule has 1 saturated heterocycles. The molecule has 1 atom stereocenters. The number of carbonyl (C=O) groups excluding carboxylic acids is 1. The van der Waals surface area contributed by atoms with Gasteiger partial charge in [-0.05, 0) is 52.0 Å². The first-order valence-corrected chi connectivity index (χ1v) is 12.4. The summed E-state index contributed by atoms with van der Waals surface area (Å²) in [6.07, 6.45) is 5.16. The number of rotatable bonds is 4. The van der Waals surface area contributed by atoms with Crippen molar-refractivity contribution in [1.82, 2.24) is 24.4 Å². The standard InChI is InChI=1S/C28H32N6O3/c1-19-16-32(27(35)37-28(2,3)4)13-14-33(19)25-24-22(23-11-6-7-12-29-23)17-34(26(24)31-18-30-25)20-9-8-10-21(15-20)36-5/h6-12,15,17-19H,13-14,16H2,1-5H3. The molecule has 0 bridgehead atoms. The third kappa shape index (κ3) is 4.94. The van der Waals surface area contributed by atoms with Gasteiger partial charge in [-0.25, -0.2) is 14.8 Å². The maximum absolute atomic E-state index is 12.7. The summed E-state index contributed by atoms with van der Waals surface area (Å²) in [5.41, 5.74) is 2.96. The van der Waals surface area contributed by atoms with Crippen molar-refractivity contribution in [1.29, 1.82) is 0 Å². The van der Waals surface area contributed by atoms with E-state index in [4.69, 9.17) is 19.4 Å². The van der Waals surface area contributed by atoms with E-state index in [0.717, 1.165) is 39.5 Å². The van der Waals surface area contributed by atoms with Crippen molar-refractivity contribution in [3.8, 4) is 22.7 Å². The minimum atomic E-state index is -0.531. The number of methoxy groups -OCH3 is 1. The second kappa shape index (κ2) is 9.72. The molecule has 0 N–H and O–H groups in total. The molecule has 4 aromatic rings. The number of carbonyl (C=O) groups is 1. The fourth-order valence-corrected chi connectivity index (χ4v) is 4.70. The Bertz CT molecular complexity index is 1410. The van der Waals surface area contributed by atoms with Crippen molar-refractivity contribution in [3.63, 3.8) is 0 Å². The second-order valence-corrected chi connectivity index (χ2v) is 10.2. The molecule has 1 unspecified atom stereocenters. The monoisotopic (exact) mass is 500 g/mol. The number of hydrogen-bond donors (Lipinski definition) is 0. The van der Waals surface area contributed by atoms with E-state index in [1.54, 1.807) is 24.5 Å². The van der Waals surface area contributed by atoms with E-state index < -0.39 is 5.60 Å². The summed E-state index contributed by atoms with van der Waals surface area (Å²) < 4.78 is 13.1. The molecule has 1 amide bonds. The number of fused-ring (bicyclic) bond motifs is 1. The first kappa shape index (κ1) is 24.5. The maximum atomic E-state index is 12.7. The van der Waals surface area contributed by atoms with E-state index in [-0.39, 0.29) is 12.1 Å². The van der Waals surface area contributed by atoms with Gasteiger partial charge in [0.25, 0.3) is 0 Å². The summed E-state index contributed by atoms with van der Waals surface area (Å²) in [5, 5.41) is 0.918.